The highest BCUT2D eigenvalue weighted by Crippen LogP contribution is 2.29. The Bertz CT molecular complexity index is 895. The minimum atomic E-state index is -4.36. The van der Waals surface area contributed by atoms with Crippen LogP contribution in [-0.4, -0.2) is 43.6 Å². The van der Waals surface area contributed by atoms with Crippen LogP contribution in [0.1, 0.15) is 29.5 Å². The van der Waals surface area contributed by atoms with Gasteiger partial charge in [0.2, 0.25) is 0 Å². The first-order valence-corrected chi connectivity index (χ1v) is 10.7. The van der Waals surface area contributed by atoms with E-state index < -0.39 is 11.7 Å². The molecule has 0 aliphatic carbocycles. The summed E-state index contributed by atoms with van der Waals surface area (Å²) in [6.07, 6.45) is -2.30. The third-order valence-electron chi connectivity index (χ3n) is 4.91. The summed E-state index contributed by atoms with van der Waals surface area (Å²) in [5.74, 6) is 6.28. The van der Waals surface area contributed by atoms with Crippen LogP contribution in [0.2, 0.25) is 0 Å². The number of likely N-dealkylation sites (tertiary alicyclic amines) is 1. The molecular formula is C22H26F3IN4S. The molecule has 9 heteroatoms. The number of hydrogen-bond donors (Lipinski definition) is 2. The van der Waals surface area contributed by atoms with Gasteiger partial charge in [-0.15, -0.1) is 24.0 Å². The molecule has 0 atom stereocenters. The van der Waals surface area contributed by atoms with Crippen LogP contribution in [0.15, 0.2) is 46.1 Å². The second kappa shape index (κ2) is 12.3. The summed E-state index contributed by atoms with van der Waals surface area (Å²) in [6, 6.07) is 7.54. The molecular weight excluding hydrogens is 536 g/mol. The molecule has 1 aromatic heterocycles. The molecule has 3 rings (SSSR count). The van der Waals surface area contributed by atoms with Gasteiger partial charge in [-0.2, -0.15) is 24.5 Å². The number of guanidine groups is 1. The van der Waals surface area contributed by atoms with Crippen molar-refractivity contribution in [2.75, 3.05) is 26.7 Å². The normalized spacial score (nSPS) is 15.5. The molecule has 0 spiro atoms. The van der Waals surface area contributed by atoms with E-state index in [0.717, 1.165) is 44.6 Å². The standard InChI is InChI=1S/C22H25F3N4S.HI/c1-26-21(27-10-3-5-17-4-2-6-19(14-17)22(23,24)25)28-20-7-11-29(12-8-20)15-18-9-13-30-16-18;/h2,4,6,9,13-14,16,20H,7-8,10-12,15H2,1H3,(H2,26,27,28);1H. The van der Waals surface area contributed by atoms with Crippen LogP contribution in [0.25, 0.3) is 0 Å². The van der Waals surface area contributed by atoms with E-state index in [1.165, 1.54) is 11.6 Å². The Morgan fingerprint density at radius 2 is 2.03 bits per heavy atom. The largest absolute Gasteiger partial charge is 0.416 e. The van der Waals surface area contributed by atoms with Crippen molar-refractivity contribution in [1.82, 2.24) is 15.5 Å². The van der Waals surface area contributed by atoms with E-state index in [1.807, 2.05) is 0 Å². The van der Waals surface area contributed by atoms with Crippen LogP contribution >= 0.6 is 35.3 Å². The van der Waals surface area contributed by atoms with Crippen molar-refractivity contribution in [2.45, 2.75) is 31.6 Å². The first kappa shape index (κ1) is 25.5. The zero-order valence-electron chi connectivity index (χ0n) is 17.2. The molecule has 31 heavy (non-hydrogen) atoms. The molecule has 1 aliphatic rings. The number of halogens is 4. The highest BCUT2D eigenvalue weighted by atomic mass is 127. The number of thiophene rings is 1. The van der Waals surface area contributed by atoms with Gasteiger partial charge in [0, 0.05) is 38.3 Å². The zero-order valence-corrected chi connectivity index (χ0v) is 20.4. The van der Waals surface area contributed by atoms with Gasteiger partial charge in [0.05, 0.1) is 12.1 Å². The second-order valence-corrected chi connectivity index (χ2v) is 7.91. The molecule has 0 bridgehead atoms. The maximum atomic E-state index is 12.8. The molecule has 168 valence electrons. The molecule has 4 nitrogen and oxygen atoms in total. The molecule has 0 saturated carbocycles. The number of benzene rings is 1. The van der Waals surface area contributed by atoms with Gasteiger partial charge in [0.25, 0.3) is 0 Å². The molecule has 2 heterocycles. The Hall–Kier alpha value is -1.77. The number of nitrogens with one attached hydrogen (secondary N) is 2. The van der Waals surface area contributed by atoms with Crippen molar-refractivity contribution >= 4 is 41.3 Å². The Morgan fingerprint density at radius 1 is 1.26 bits per heavy atom. The van der Waals surface area contributed by atoms with Crippen molar-refractivity contribution in [1.29, 1.82) is 0 Å². The summed E-state index contributed by atoms with van der Waals surface area (Å²) >= 11 is 1.73. The van der Waals surface area contributed by atoms with Gasteiger partial charge in [-0.1, -0.05) is 17.9 Å². The Morgan fingerprint density at radius 3 is 2.68 bits per heavy atom. The number of aliphatic imine (C=N–C) groups is 1. The fourth-order valence-electron chi connectivity index (χ4n) is 3.31. The quantitative estimate of drug-likeness (QED) is 0.249. The Balaban J connectivity index is 0.00000341. The summed E-state index contributed by atoms with van der Waals surface area (Å²) in [5.41, 5.74) is 1.01. The van der Waals surface area contributed by atoms with Gasteiger partial charge in [-0.05, 0) is 53.4 Å². The number of hydrogen-bond acceptors (Lipinski definition) is 3. The van der Waals surface area contributed by atoms with Crippen LogP contribution in [0, 0.1) is 11.8 Å². The third-order valence-corrected chi connectivity index (χ3v) is 5.64. The SMILES string of the molecule is CN=C(NCC#Cc1cccc(C(F)(F)F)c1)NC1CCN(Cc2ccsc2)CC1.I. The minimum absolute atomic E-state index is 0. The summed E-state index contributed by atoms with van der Waals surface area (Å²) in [4.78, 5) is 6.67. The van der Waals surface area contributed by atoms with Crippen LogP contribution in [0.4, 0.5) is 13.2 Å². The Labute approximate surface area is 202 Å². The van der Waals surface area contributed by atoms with Gasteiger partial charge in [-0.25, -0.2) is 0 Å². The topological polar surface area (TPSA) is 39.7 Å². The van der Waals surface area contributed by atoms with Crippen LogP contribution in [-0.2, 0) is 12.7 Å². The lowest BCUT2D eigenvalue weighted by atomic mass is 10.0. The smallest absolute Gasteiger partial charge is 0.354 e. The van der Waals surface area contributed by atoms with Gasteiger partial charge >= 0.3 is 6.18 Å². The molecule has 0 radical (unpaired) electrons. The molecule has 0 amide bonds. The summed E-state index contributed by atoms with van der Waals surface area (Å²) < 4.78 is 38.3. The minimum Gasteiger partial charge on any atom is -0.354 e. The number of alkyl halides is 3. The van der Waals surface area contributed by atoms with E-state index in [0.29, 0.717) is 24.1 Å². The van der Waals surface area contributed by atoms with Crippen LogP contribution in [0.5, 0.6) is 0 Å². The molecule has 1 saturated heterocycles. The monoisotopic (exact) mass is 562 g/mol. The number of nitrogens with zero attached hydrogens (tertiary/aromatic N) is 2. The van der Waals surface area contributed by atoms with Crippen molar-refractivity contribution < 1.29 is 13.2 Å². The van der Waals surface area contributed by atoms with E-state index in [4.69, 9.17) is 0 Å². The van der Waals surface area contributed by atoms with Crippen LogP contribution < -0.4 is 10.6 Å². The van der Waals surface area contributed by atoms with E-state index in [9.17, 15) is 13.2 Å². The first-order chi connectivity index (χ1) is 14.4. The van der Waals surface area contributed by atoms with E-state index >= 15 is 0 Å². The highest BCUT2D eigenvalue weighted by molar-refractivity contribution is 14.0. The van der Waals surface area contributed by atoms with Crippen LogP contribution in [0.3, 0.4) is 0 Å². The fourth-order valence-corrected chi connectivity index (χ4v) is 3.97. The fraction of sp³-hybridized carbons (Fsp3) is 0.409. The number of piperidine rings is 1. The lowest BCUT2D eigenvalue weighted by Crippen LogP contribution is -2.48. The molecule has 1 aliphatic heterocycles. The predicted octanol–water partition coefficient (Wildman–Crippen LogP) is 4.57. The maximum absolute atomic E-state index is 12.8. The highest BCUT2D eigenvalue weighted by Gasteiger charge is 2.30. The summed E-state index contributed by atoms with van der Waals surface area (Å²) in [7, 11) is 1.70. The molecule has 1 aromatic carbocycles. The van der Waals surface area contributed by atoms with Crippen molar-refractivity contribution in [2.24, 2.45) is 4.99 Å². The van der Waals surface area contributed by atoms with Gasteiger partial charge in [0.15, 0.2) is 5.96 Å². The van der Waals surface area contributed by atoms with Crippen molar-refractivity contribution in [3.05, 3.63) is 57.8 Å². The summed E-state index contributed by atoms with van der Waals surface area (Å²) in [5, 5.41) is 10.8. The Kier molecular flexibility index (Phi) is 10.1. The molecule has 1 fully saturated rings. The van der Waals surface area contributed by atoms with Crippen molar-refractivity contribution in [3.8, 4) is 11.8 Å². The summed E-state index contributed by atoms with van der Waals surface area (Å²) in [6.45, 7) is 3.35. The molecule has 0 unspecified atom stereocenters. The first-order valence-electron chi connectivity index (χ1n) is 9.81. The zero-order chi connectivity index (χ0) is 21.4. The maximum Gasteiger partial charge on any atom is 0.416 e. The van der Waals surface area contributed by atoms with Gasteiger partial charge in [0.1, 0.15) is 0 Å². The van der Waals surface area contributed by atoms with E-state index in [2.05, 4.69) is 49.2 Å². The third kappa shape index (κ3) is 8.35. The average Bonchev–Trinajstić information content (AvgIpc) is 3.24. The lowest BCUT2D eigenvalue weighted by molar-refractivity contribution is -0.137. The molecule has 2 aromatic rings. The molecule has 2 N–H and O–H groups in total. The van der Waals surface area contributed by atoms with Gasteiger partial charge < -0.3 is 10.6 Å². The second-order valence-electron chi connectivity index (χ2n) is 7.13. The predicted molar refractivity (Wildman–Crippen MR) is 131 cm³/mol. The van der Waals surface area contributed by atoms with Gasteiger partial charge in [-0.3, -0.25) is 9.89 Å². The lowest BCUT2D eigenvalue weighted by Gasteiger charge is -2.32. The number of rotatable bonds is 4. The van der Waals surface area contributed by atoms with E-state index in [1.54, 1.807) is 24.5 Å². The van der Waals surface area contributed by atoms with Crippen molar-refractivity contribution in [3.63, 3.8) is 0 Å². The van der Waals surface area contributed by atoms with E-state index in [-0.39, 0.29) is 24.0 Å². The average molecular weight is 562 g/mol.